The van der Waals surface area contributed by atoms with Crippen LogP contribution in [0.15, 0.2) is 71.3 Å². The molecule has 160 valence electrons. The molecule has 0 aromatic carbocycles. The van der Waals surface area contributed by atoms with E-state index in [0.717, 1.165) is 57.3 Å². The van der Waals surface area contributed by atoms with Gasteiger partial charge >= 0.3 is 0 Å². The summed E-state index contributed by atoms with van der Waals surface area (Å²) in [6.45, 7) is 2.76. The maximum atomic E-state index is 5.63. The topological polar surface area (TPSA) is 70.7 Å². The van der Waals surface area contributed by atoms with Crippen LogP contribution in [0.4, 0.5) is 0 Å². The molecule has 0 bridgehead atoms. The van der Waals surface area contributed by atoms with Crippen LogP contribution in [-0.2, 0) is 11.3 Å². The minimum absolute atomic E-state index is 0.612. The number of methoxy groups -OCH3 is 1. The third kappa shape index (κ3) is 3.90. The van der Waals surface area contributed by atoms with Crippen LogP contribution in [0.25, 0.3) is 16.8 Å². The molecule has 1 aliphatic carbocycles. The van der Waals surface area contributed by atoms with Crippen LogP contribution in [0.1, 0.15) is 35.7 Å². The number of hydrogen-bond donors (Lipinski definition) is 0. The van der Waals surface area contributed by atoms with Gasteiger partial charge in [-0.25, -0.2) is 19.6 Å². The Bertz CT molecular complexity index is 1350. The Kier molecular flexibility index (Phi) is 5.47. The molecular weight excluding hydrogens is 468 g/mol. The Morgan fingerprint density at radius 1 is 1.22 bits per heavy atom. The first-order valence-electron chi connectivity index (χ1n) is 10.3. The Hall–Kier alpha value is -3.48. The van der Waals surface area contributed by atoms with Crippen LogP contribution in [0.2, 0.25) is 0 Å². The minimum Gasteiger partial charge on any atom is -0.499 e. The number of rotatable bonds is 4. The maximum absolute atomic E-state index is 5.63. The first kappa shape index (κ1) is 20.4. The smallest absolute Gasteiger partial charge is 0.189 e. The van der Waals surface area contributed by atoms with E-state index in [0.29, 0.717) is 12.2 Å². The fourth-order valence-corrected chi connectivity index (χ4v) is 4.19. The molecule has 3 aromatic rings. The highest BCUT2D eigenvalue weighted by atomic mass is 79.9. The molecule has 0 amide bonds. The molecule has 0 saturated carbocycles. The maximum Gasteiger partial charge on any atom is 0.189 e. The number of halogens is 1. The van der Waals surface area contributed by atoms with Crippen molar-refractivity contribution in [3.05, 3.63) is 94.2 Å². The minimum atomic E-state index is 0.612. The Morgan fingerprint density at radius 2 is 2.12 bits per heavy atom. The van der Waals surface area contributed by atoms with Crippen molar-refractivity contribution in [3.8, 4) is 0 Å². The Morgan fingerprint density at radius 3 is 2.91 bits per heavy atom. The average Bonchev–Trinajstić information content (AvgIpc) is 3.40. The number of imidazole rings is 1. The first-order valence-corrected chi connectivity index (χ1v) is 11.1. The van der Waals surface area contributed by atoms with Crippen molar-refractivity contribution in [2.45, 2.75) is 26.3 Å². The zero-order valence-corrected chi connectivity index (χ0v) is 19.4. The molecule has 32 heavy (non-hydrogen) atoms. The van der Waals surface area contributed by atoms with E-state index >= 15 is 0 Å². The van der Waals surface area contributed by atoms with Crippen LogP contribution in [0.5, 0.6) is 0 Å². The van der Waals surface area contributed by atoms with Crippen LogP contribution in [0.3, 0.4) is 0 Å². The molecule has 0 N–H and O–H groups in total. The molecule has 3 aromatic heterocycles. The second kappa shape index (κ2) is 8.57. The van der Waals surface area contributed by atoms with Gasteiger partial charge in [-0.1, -0.05) is 6.08 Å². The zero-order valence-electron chi connectivity index (χ0n) is 17.8. The van der Waals surface area contributed by atoms with E-state index in [4.69, 9.17) is 14.8 Å². The summed E-state index contributed by atoms with van der Waals surface area (Å²) in [7, 11) is 1.68. The lowest BCUT2D eigenvalue weighted by Gasteiger charge is -2.14. The average molecular weight is 489 g/mol. The van der Waals surface area contributed by atoms with Gasteiger partial charge < -0.3 is 9.30 Å². The van der Waals surface area contributed by atoms with Gasteiger partial charge in [0, 0.05) is 30.9 Å². The van der Waals surface area contributed by atoms with Crippen molar-refractivity contribution < 1.29 is 4.74 Å². The Labute approximate surface area is 194 Å². The van der Waals surface area contributed by atoms with Crippen molar-refractivity contribution in [2.75, 3.05) is 7.11 Å². The molecule has 8 heteroatoms. The summed E-state index contributed by atoms with van der Waals surface area (Å²) in [4.78, 5) is 13.5. The van der Waals surface area contributed by atoms with Gasteiger partial charge in [-0.05, 0) is 65.2 Å². The van der Waals surface area contributed by atoms with Gasteiger partial charge in [0.1, 0.15) is 10.4 Å². The number of aryl methyl sites for hydroxylation is 2. The zero-order chi connectivity index (χ0) is 22.1. The van der Waals surface area contributed by atoms with Gasteiger partial charge in [0.05, 0.1) is 30.4 Å². The van der Waals surface area contributed by atoms with Crippen LogP contribution in [-0.4, -0.2) is 36.4 Å². The number of aromatic nitrogens is 6. The monoisotopic (exact) mass is 488 g/mol. The van der Waals surface area contributed by atoms with Gasteiger partial charge in [-0.15, -0.1) is 10.8 Å². The summed E-state index contributed by atoms with van der Waals surface area (Å²) in [6, 6.07) is 3.99. The number of allylic oxidation sites excluding steroid dienone is 5. The molecule has 0 spiro atoms. The van der Waals surface area contributed by atoms with Gasteiger partial charge in [-0.2, -0.15) is 0 Å². The molecule has 2 aliphatic rings. The highest BCUT2D eigenvalue weighted by Crippen LogP contribution is 2.29. The Balaban J connectivity index is 1.52. The van der Waals surface area contributed by atoms with Gasteiger partial charge in [0.2, 0.25) is 0 Å². The van der Waals surface area contributed by atoms with E-state index in [1.54, 1.807) is 19.6 Å². The van der Waals surface area contributed by atoms with Crippen molar-refractivity contribution in [1.29, 1.82) is 0 Å². The highest BCUT2D eigenvalue weighted by molar-refractivity contribution is 9.10. The molecule has 5 rings (SSSR count). The van der Waals surface area contributed by atoms with E-state index < -0.39 is 0 Å². The van der Waals surface area contributed by atoms with E-state index in [1.165, 1.54) is 0 Å². The second-order valence-corrected chi connectivity index (χ2v) is 8.30. The molecule has 1 aliphatic heterocycles. The quantitative estimate of drug-likeness (QED) is 0.390. The number of fused-ring (bicyclic) bond motifs is 1. The van der Waals surface area contributed by atoms with Crippen molar-refractivity contribution in [1.82, 2.24) is 29.3 Å². The second-order valence-electron chi connectivity index (χ2n) is 7.49. The molecule has 7 nitrogen and oxygen atoms in total. The molecule has 0 fully saturated rings. The van der Waals surface area contributed by atoms with Crippen molar-refractivity contribution in [2.24, 2.45) is 0 Å². The molecule has 0 saturated heterocycles. The van der Waals surface area contributed by atoms with Gasteiger partial charge in [-0.3, -0.25) is 0 Å². The molecular formula is C24H21BrN6O. The summed E-state index contributed by atoms with van der Waals surface area (Å²) in [5.74, 6) is 2.35. The third-order valence-corrected chi connectivity index (χ3v) is 5.79. The van der Waals surface area contributed by atoms with Gasteiger partial charge in [0.25, 0.3) is 0 Å². The third-order valence-electron chi connectivity index (χ3n) is 5.36. The van der Waals surface area contributed by atoms with Crippen molar-refractivity contribution >= 4 is 32.8 Å². The first-order chi connectivity index (χ1) is 15.6. The van der Waals surface area contributed by atoms with E-state index in [-0.39, 0.29) is 0 Å². The highest BCUT2D eigenvalue weighted by Gasteiger charge is 2.21. The van der Waals surface area contributed by atoms with E-state index in [9.17, 15) is 0 Å². The summed E-state index contributed by atoms with van der Waals surface area (Å²) in [6.07, 6.45) is 15.2. The number of nitrogens with zero attached hydrogens (tertiary/aromatic N) is 6. The van der Waals surface area contributed by atoms with Gasteiger partial charge in [0.15, 0.2) is 11.6 Å². The van der Waals surface area contributed by atoms with Crippen LogP contribution >= 0.6 is 15.9 Å². The summed E-state index contributed by atoms with van der Waals surface area (Å²) in [5, 5.41) is 4.79. The van der Waals surface area contributed by atoms with Crippen molar-refractivity contribution in [3.63, 3.8) is 0 Å². The molecule has 0 unspecified atom stereocenters. The normalized spacial score (nSPS) is 19.0. The standard InChI is InChI=1S/C24H21BrN6O/c1-16-14-30(15-27-16)20-9-8-17(5-3-7-21(20)32-2)23-28-24-19(6-4-12-31(24)29-23)18-10-11-26-22(25)13-18/h3,6,8-11,13-15H,4,7,12H2,1-2H3/b9-8-,21-20-. The SMILES string of the molecule is CO/C1=C(n2cnc(C)c2)/C=C\C(c2nc3n(n2)CCC=C3c2ccnc(Br)c2)=C=CC1. The summed E-state index contributed by atoms with van der Waals surface area (Å²) < 4.78 is 10.4. The molecule has 0 atom stereocenters. The molecule has 0 radical (unpaired) electrons. The van der Waals surface area contributed by atoms with Crippen LogP contribution in [0, 0.1) is 6.92 Å². The lowest BCUT2D eigenvalue weighted by molar-refractivity contribution is 0.285. The predicted molar refractivity (Wildman–Crippen MR) is 126 cm³/mol. The van der Waals surface area contributed by atoms with E-state index in [1.807, 2.05) is 52.7 Å². The number of ether oxygens (including phenoxy) is 1. The van der Waals surface area contributed by atoms with E-state index in [2.05, 4.69) is 37.7 Å². The lowest BCUT2D eigenvalue weighted by Crippen LogP contribution is -2.10. The predicted octanol–water partition coefficient (Wildman–Crippen LogP) is 4.79. The summed E-state index contributed by atoms with van der Waals surface area (Å²) in [5.41, 5.74) is 8.17. The lowest BCUT2D eigenvalue weighted by atomic mass is 10.0. The van der Waals surface area contributed by atoms with Crippen LogP contribution < -0.4 is 0 Å². The molecule has 4 heterocycles. The fraction of sp³-hybridized carbons (Fsp3) is 0.208. The summed E-state index contributed by atoms with van der Waals surface area (Å²) >= 11 is 3.46. The largest absolute Gasteiger partial charge is 0.499 e. The number of pyridine rings is 1. The number of hydrogen-bond acceptors (Lipinski definition) is 5. The fourth-order valence-electron chi connectivity index (χ4n) is 3.82.